The van der Waals surface area contributed by atoms with Crippen LogP contribution in [-0.2, 0) is 6.54 Å². The Hall–Kier alpha value is -0.800. The van der Waals surface area contributed by atoms with Crippen LogP contribution >= 0.6 is 0 Å². The van der Waals surface area contributed by atoms with E-state index in [2.05, 4.69) is 31.2 Å². The van der Waals surface area contributed by atoms with E-state index in [9.17, 15) is 0 Å². The molecule has 3 heteroatoms. The first-order valence-electron chi connectivity index (χ1n) is 6.09. The SMILES string of the molecule is Cc1ccoc1CNC1CCC(N(C)C)C1. The molecule has 1 aliphatic rings. The summed E-state index contributed by atoms with van der Waals surface area (Å²) in [5.41, 5.74) is 1.25. The normalized spacial score (nSPS) is 25.5. The Morgan fingerprint density at radius 2 is 2.25 bits per heavy atom. The lowest BCUT2D eigenvalue weighted by Gasteiger charge is -2.19. The van der Waals surface area contributed by atoms with E-state index in [-0.39, 0.29) is 0 Å². The number of furan rings is 1. The standard InChI is InChI=1S/C13H22N2O/c1-10-6-7-16-13(10)9-14-11-4-5-12(8-11)15(2)3/h6-7,11-12,14H,4-5,8-9H2,1-3H3. The van der Waals surface area contributed by atoms with Crippen LogP contribution in [0, 0.1) is 6.92 Å². The lowest BCUT2D eigenvalue weighted by atomic mass is 10.2. The second-order valence-electron chi connectivity index (χ2n) is 5.04. The third-order valence-corrected chi connectivity index (χ3v) is 3.65. The monoisotopic (exact) mass is 222 g/mol. The van der Waals surface area contributed by atoms with E-state index in [1.807, 2.05) is 6.07 Å². The number of nitrogens with zero attached hydrogens (tertiary/aromatic N) is 1. The molecule has 0 spiro atoms. The average Bonchev–Trinajstić information content (AvgIpc) is 2.83. The van der Waals surface area contributed by atoms with Gasteiger partial charge in [0.15, 0.2) is 0 Å². The lowest BCUT2D eigenvalue weighted by molar-refractivity contribution is 0.292. The second-order valence-corrected chi connectivity index (χ2v) is 5.04. The number of nitrogens with one attached hydrogen (secondary N) is 1. The van der Waals surface area contributed by atoms with Crippen LogP contribution in [0.1, 0.15) is 30.6 Å². The van der Waals surface area contributed by atoms with Crippen LogP contribution in [0.25, 0.3) is 0 Å². The highest BCUT2D eigenvalue weighted by Gasteiger charge is 2.25. The first-order valence-corrected chi connectivity index (χ1v) is 6.09. The Morgan fingerprint density at radius 1 is 1.44 bits per heavy atom. The first-order chi connectivity index (χ1) is 7.66. The highest BCUT2D eigenvalue weighted by atomic mass is 16.3. The highest BCUT2D eigenvalue weighted by molar-refractivity contribution is 5.14. The number of hydrogen-bond donors (Lipinski definition) is 1. The molecule has 16 heavy (non-hydrogen) atoms. The van der Waals surface area contributed by atoms with Gasteiger partial charge in [0.2, 0.25) is 0 Å². The van der Waals surface area contributed by atoms with Crippen molar-refractivity contribution in [3.8, 4) is 0 Å². The summed E-state index contributed by atoms with van der Waals surface area (Å²) in [6.07, 6.45) is 5.61. The summed E-state index contributed by atoms with van der Waals surface area (Å²) in [4.78, 5) is 2.33. The summed E-state index contributed by atoms with van der Waals surface area (Å²) in [6.45, 7) is 2.96. The molecule has 0 saturated heterocycles. The molecule has 1 aliphatic carbocycles. The molecule has 2 atom stereocenters. The fourth-order valence-corrected chi connectivity index (χ4v) is 2.43. The van der Waals surface area contributed by atoms with Gasteiger partial charge in [-0.25, -0.2) is 0 Å². The van der Waals surface area contributed by atoms with Gasteiger partial charge in [0.05, 0.1) is 12.8 Å². The molecule has 2 rings (SSSR count). The summed E-state index contributed by atoms with van der Waals surface area (Å²) >= 11 is 0. The van der Waals surface area contributed by atoms with Gasteiger partial charge in [-0.2, -0.15) is 0 Å². The van der Waals surface area contributed by atoms with Crippen molar-refractivity contribution < 1.29 is 4.42 Å². The molecule has 0 aliphatic heterocycles. The van der Waals surface area contributed by atoms with Crippen molar-refractivity contribution in [3.05, 3.63) is 23.7 Å². The molecule has 2 unspecified atom stereocenters. The van der Waals surface area contributed by atoms with Gasteiger partial charge in [-0.1, -0.05) is 0 Å². The van der Waals surface area contributed by atoms with E-state index in [0.717, 1.165) is 18.3 Å². The fourth-order valence-electron chi connectivity index (χ4n) is 2.43. The summed E-state index contributed by atoms with van der Waals surface area (Å²) in [7, 11) is 4.34. The minimum atomic E-state index is 0.650. The van der Waals surface area contributed by atoms with Gasteiger partial charge >= 0.3 is 0 Å². The zero-order valence-corrected chi connectivity index (χ0v) is 10.5. The van der Waals surface area contributed by atoms with Crippen LogP contribution in [0.4, 0.5) is 0 Å². The van der Waals surface area contributed by atoms with Crippen LogP contribution in [-0.4, -0.2) is 31.1 Å². The van der Waals surface area contributed by atoms with Crippen molar-refractivity contribution in [1.82, 2.24) is 10.2 Å². The third kappa shape index (κ3) is 2.66. The molecule has 0 radical (unpaired) electrons. The number of hydrogen-bond acceptors (Lipinski definition) is 3. The topological polar surface area (TPSA) is 28.4 Å². The van der Waals surface area contributed by atoms with Gasteiger partial charge in [-0.15, -0.1) is 0 Å². The van der Waals surface area contributed by atoms with Gasteiger partial charge in [0, 0.05) is 12.1 Å². The minimum absolute atomic E-state index is 0.650. The molecule has 1 heterocycles. The van der Waals surface area contributed by atoms with Crippen LogP contribution in [0.2, 0.25) is 0 Å². The lowest BCUT2D eigenvalue weighted by Crippen LogP contribution is -2.30. The number of aryl methyl sites for hydroxylation is 1. The molecule has 0 aromatic carbocycles. The second kappa shape index (κ2) is 5.02. The van der Waals surface area contributed by atoms with Gasteiger partial charge in [-0.05, 0) is 51.9 Å². The molecule has 1 fully saturated rings. The Balaban J connectivity index is 1.78. The Kier molecular flexibility index (Phi) is 3.66. The molecular formula is C13H22N2O. The zero-order valence-electron chi connectivity index (χ0n) is 10.5. The molecule has 1 N–H and O–H groups in total. The van der Waals surface area contributed by atoms with Gasteiger partial charge in [0.1, 0.15) is 5.76 Å². The first kappa shape index (κ1) is 11.7. The predicted octanol–water partition coefficient (Wildman–Crippen LogP) is 2.16. The van der Waals surface area contributed by atoms with E-state index in [4.69, 9.17) is 4.42 Å². The van der Waals surface area contributed by atoms with E-state index < -0.39 is 0 Å². The summed E-state index contributed by atoms with van der Waals surface area (Å²) in [5.74, 6) is 1.08. The van der Waals surface area contributed by atoms with Crippen LogP contribution in [0.5, 0.6) is 0 Å². The molecular weight excluding hydrogens is 200 g/mol. The Bertz CT molecular complexity index is 332. The van der Waals surface area contributed by atoms with Gasteiger partial charge in [0.25, 0.3) is 0 Å². The smallest absolute Gasteiger partial charge is 0.120 e. The van der Waals surface area contributed by atoms with Crippen molar-refractivity contribution in [3.63, 3.8) is 0 Å². The minimum Gasteiger partial charge on any atom is -0.468 e. The van der Waals surface area contributed by atoms with Gasteiger partial charge < -0.3 is 14.6 Å². The molecule has 3 nitrogen and oxygen atoms in total. The molecule has 1 aromatic heterocycles. The molecule has 0 amide bonds. The van der Waals surface area contributed by atoms with Crippen molar-refractivity contribution >= 4 is 0 Å². The quantitative estimate of drug-likeness (QED) is 0.846. The zero-order chi connectivity index (χ0) is 11.5. The summed E-state index contributed by atoms with van der Waals surface area (Å²) in [5, 5.41) is 3.59. The molecule has 0 bridgehead atoms. The van der Waals surface area contributed by atoms with Crippen molar-refractivity contribution in [2.75, 3.05) is 14.1 Å². The van der Waals surface area contributed by atoms with E-state index in [1.54, 1.807) is 6.26 Å². The third-order valence-electron chi connectivity index (χ3n) is 3.65. The summed E-state index contributed by atoms with van der Waals surface area (Å²) < 4.78 is 5.43. The maximum absolute atomic E-state index is 5.43. The van der Waals surface area contributed by atoms with Crippen molar-refractivity contribution in [2.24, 2.45) is 0 Å². The van der Waals surface area contributed by atoms with Crippen LogP contribution in [0.15, 0.2) is 16.7 Å². The van der Waals surface area contributed by atoms with E-state index in [1.165, 1.54) is 24.8 Å². The Morgan fingerprint density at radius 3 is 2.81 bits per heavy atom. The van der Waals surface area contributed by atoms with Crippen molar-refractivity contribution in [1.29, 1.82) is 0 Å². The maximum Gasteiger partial charge on any atom is 0.120 e. The van der Waals surface area contributed by atoms with Crippen LogP contribution < -0.4 is 5.32 Å². The number of rotatable bonds is 4. The highest BCUT2D eigenvalue weighted by Crippen LogP contribution is 2.23. The molecule has 1 saturated carbocycles. The maximum atomic E-state index is 5.43. The summed E-state index contributed by atoms with van der Waals surface area (Å²) in [6, 6.07) is 3.42. The van der Waals surface area contributed by atoms with Crippen molar-refractivity contribution in [2.45, 2.75) is 44.8 Å². The van der Waals surface area contributed by atoms with E-state index >= 15 is 0 Å². The molecule has 90 valence electrons. The van der Waals surface area contributed by atoms with E-state index in [0.29, 0.717) is 6.04 Å². The fraction of sp³-hybridized carbons (Fsp3) is 0.692. The predicted molar refractivity (Wildman–Crippen MR) is 65.4 cm³/mol. The van der Waals surface area contributed by atoms with Crippen LogP contribution in [0.3, 0.4) is 0 Å². The Labute approximate surface area is 97.8 Å². The molecule has 1 aromatic rings. The average molecular weight is 222 g/mol. The largest absolute Gasteiger partial charge is 0.468 e. The van der Waals surface area contributed by atoms with Gasteiger partial charge in [-0.3, -0.25) is 0 Å².